The molecule has 4 rings (SSSR count). The molecule has 1 fully saturated rings. The molecule has 1 aliphatic rings. The van der Waals surface area contributed by atoms with Crippen molar-refractivity contribution in [2.75, 3.05) is 13.1 Å². The molecule has 1 aromatic heterocycles. The lowest BCUT2D eigenvalue weighted by molar-refractivity contribution is -0.131. The molecule has 6 heteroatoms. The van der Waals surface area contributed by atoms with Gasteiger partial charge in [0.2, 0.25) is 5.91 Å². The van der Waals surface area contributed by atoms with Gasteiger partial charge in [-0.25, -0.2) is 4.98 Å². The van der Waals surface area contributed by atoms with Gasteiger partial charge in [0.25, 0.3) is 5.91 Å². The first-order valence-corrected chi connectivity index (χ1v) is 10.7. The second kappa shape index (κ2) is 9.11. The van der Waals surface area contributed by atoms with Crippen LogP contribution in [-0.2, 0) is 17.9 Å². The molecule has 1 aliphatic heterocycles. The van der Waals surface area contributed by atoms with Crippen molar-refractivity contribution >= 4 is 22.8 Å². The fourth-order valence-corrected chi connectivity index (χ4v) is 4.07. The molecule has 1 saturated heterocycles. The normalized spacial score (nSPS) is 14.5. The van der Waals surface area contributed by atoms with E-state index in [1.54, 1.807) is 0 Å². The maximum atomic E-state index is 13.0. The number of imidazole rings is 1. The van der Waals surface area contributed by atoms with Gasteiger partial charge in [0.1, 0.15) is 12.4 Å². The van der Waals surface area contributed by atoms with Crippen molar-refractivity contribution < 1.29 is 9.59 Å². The first-order chi connectivity index (χ1) is 14.6. The zero-order chi connectivity index (χ0) is 20.9. The zero-order valence-corrected chi connectivity index (χ0v) is 17.4. The van der Waals surface area contributed by atoms with E-state index < -0.39 is 0 Å². The fraction of sp³-hybridized carbons (Fsp3) is 0.375. The number of nitrogens with zero attached hydrogens (tertiary/aromatic N) is 3. The highest BCUT2D eigenvalue weighted by atomic mass is 16.2. The summed E-state index contributed by atoms with van der Waals surface area (Å²) < 4.78 is 1.95. The minimum Gasteiger partial charge on any atom is -0.345 e. The lowest BCUT2D eigenvalue weighted by Crippen LogP contribution is -2.35. The molecule has 6 nitrogen and oxygen atoms in total. The molecule has 0 aliphatic carbocycles. The molecule has 156 valence electrons. The van der Waals surface area contributed by atoms with Gasteiger partial charge in [-0.2, -0.15) is 0 Å². The summed E-state index contributed by atoms with van der Waals surface area (Å²) in [6.45, 7) is 4.09. The molecule has 3 aromatic rings. The Labute approximate surface area is 176 Å². The minimum atomic E-state index is -0.134. The largest absolute Gasteiger partial charge is 0.345 e. The highest BCUT2D eigenvalue weighted by Gasteiger charge is 2.20. The molecule has 2 amide bonds. The van der Waals surface area contributed by atoms with Crippen LogP contribution >= 0.6 is 0 Å². The summed E-state index contributed by atoms with van der Waals surface area (Å²) in [6, 6.07) is 15.3. The van der Waals surface area contributed by atoms with Crippen LogP contribution in [0.4, 0.5) is 0 Å². The van der Waals surface area contributed by atoms with Crippen molar-refractivity contribution in [1.29, 1.82) is 0 Å². The second-order valence-electron chi connectivity index (χ2n) is 7.90. The summed E-state index contributed by atoms with van der Waals surface area (Å²) in [7, 11) is 0. The van der Waals surface area contributed by atoms with Gasteiger partial charge in [0.05, 0.1) is 17.6 Å². The molecule has 2 aromatic carbocycles. The fourth-order valence-electron chi connectivity index (χ4n) is 4.07. The molecule has 0 bridgehead atoms. The van der Waals surface area contributed by atoms with Crippen LogP contribution in [0.3, 0.4) is 0 Å². The standard InChI is InChI=1S/C24H28N4O2/c1-18-10-4-5-11-19(18)24(30)25-16-22-26-20-12-6-7-13-21(20)28(22)17-23(29)27-14-8-2-3-9-15-27/h4-7,10-13H,2-3,8-9,14-17H2,1H3,(H,25,30). The van der Waals surface area contributed by atoms with Crippen molar-refractivity contribution in [3.05, 3.63) is 65.5 Å². The summed E-state index contributed by atoms with van der Waals surface area (Å²) >= 11 is 0. The van der Waals surface area contributed by atoms with Gasteiger partial charge < -0.3 is 14.8 Å². The average molecular weight is 405 g/mol. The number of carbonyl (C=O) groups is 2. The highest BCUT2D eigenvalue weighted by molar-refractivity contribution is 5.95. The number of rotatable bonds is 5. The Morgan fingerprint density at radius 1 is 0.967 bits per heavy atom. The maximum Gasteiger partial charge on any atom is 0.251 e. The summed E-state index contributed by atoms with van der Waals surface area (Å²) in [4.78, 5) is 32.3. The highest BCUT2D eigenvalue weighted by Crippen LogP contribution is 2.18. The molecule has 0 saturated carbocycles. The number of aromatic nitrogens is 2. The number of aryl methyl sites for hydroxylation is 1. The van der Waals surface area contributed by atoms with Gasteiger partial charge in [-0.15, -0.1) is 0 Å². The predicted octanol–water partition coefficient (Wildman–Crippen LogP) is 3.68. The van der Waals surface area contributed by atoms with E-state index in [9.17, 15) is 9.59 Å². The van der Waals surface area contributed by atoms with E-state index in [1.807, 2.05) is 64.9 Å². The first-order valence-electron chi connectivity index (χ1n) is 10.7. The van der Waals surface area contributed by atoms with E-state index in [1.165, 1.54) is 12.8 Å². The number of carbonyl (C=O) groups excluding carboxylic acids is 2. The van der Waals surface area contributed by atoms with Crippen LogP contribution in [0.5, 0.6) is 0 Å². The third-order valence-corrected chi connectivity index (χ3v) is 5.78. The summed E-state index contributed by atoms with van der Waals surface area (Å²) in [5.74, 6) is 0.679. The number of hydrogen-bond donors (Lipinski definition) is 1. The van der Waals surface area contributed by atoms with Crippen molar-refractivity contribution in [1.82, 2.24) is 19.8 Å². The van der Waals surface area contributed by atoms with Crippen LogP contribution in [0.1, 0.15) is 47.4 Å². The van der Waals surface area contributed by atoms with Crippen LogP contribution in [0.25, 0.3) is 11.0 Å². The Hall–Kier alpha value is -3.15. The topological polar surface area (TPSA) is 67.2 Å². The van der Waals surface area contributed by atoms with Crippen molar-refractivity contribution in [2.45, 2.75) is 45.7 Å². The van der Waals surface area contributed by atoms with Gasteiger partial charge in [-0.1, -0.05) is 43.2 Å². The maximum absolute atomic E-state index is 13.0. The number of amides is 2. The van der Waals surface area contributed by atoms with Crippen LogP contribution < -0.4 is 5.32 Å². The Morgan fingerprint density at radius 3 is 2.43 bits per heavy atom. The molecular weight excluding hydrogens is 376 g/mol. The summed E-state index contributed by atoms with van der Waals surface area (Å²) in [5, 5.41) is 2.97. The van der Waals surface area contributed by atoms with Gasteiger partial charge in [0, 0.05) is 18.7 Å². The van der Waals surface area contributed by atoms with E-state index in [2.05, 4.69) is 5.32 Å². The van der Waals surface area contributed by atoms with Crippen molar-refractivity contribution in [3.8, 4) is 0 Å². The zero-order valence-electron chi connectivity index (χ0n) is 17.4. The molecule has 1 N–H and O–H groups in total. The van der Waals surface area contributed by atoms with Gasteiger partial charge in [0.15, 0.2) is 0 Å². The van der Waals surface area contributed by atoms with Gasteiger partial charge in [-0.05, 0) is 43.5 Å². The number of para-hydroxylation sites is 2. The molecule has 30 heavy (non-hydrogen) atoms. The van der Waals surface area contributed by atoms with Crippen molar-refractivity contribution in [2.24, 2.45) is 0 Å². The minimum absolute atomic E-state index is 0.117. The number of nitrogens with one attached hydrogen (secondary N) is 1. The number of likely N-dealkylation sites (tertiary alicyclic amines) is 1. The molecule has 0 unspecified atom stereocenters. The molecule has 2 heterocycles. The van der Waals surface area contributed by atoms with Crippen LogP contribution in [0, 0.1) is 6.92 Å². The smallest absolute Gasteiger partial charge is 0.251 e. The Morgan fingerprint density at radius 2 is 1.67 bits per heavy atom. The van der Waals surface area contributed by atoms with E-state index in [-0.39, 0.29) is 24.9 Å². The monoisotopic (exact) mass is 404 g/mol. The van der Waals surface area contributed by atoms with E-state index in [0.717, 1.165) is 42.5 Å². The van der Waals surface area contributed by atoms with Crippen LogP contribution in [-0.4, -0.2) is 39.4 Å². The quantitative estimate of drug-likeness (QED) is 0.705. The lowest BCUT2D eigenvalue weighted by Gasteiger charge is -2.21. The van der Waals surface area contributed by atoms with Gasteiger partial charge >= 0.3 is 0 Å². The van der Waals surface area contributed by atoms with E-state index >= 15 is 0 Å². The Kier molecular flexibility index (Phi) is 6.12. The second-order valence-corrected chi connectivity index (χ2v) is 7.90. The van der Waals surface area contributed by atoms with E-state index in [4.69, 9.17) is 4.98 Å². The lowest BCUT2D eigenvalue weighted by atomic mass is 10.1. The molecular formula is C24H28N4O2. The Balaban J connectivity index is 1.55. The summed E-state index contributed by atoms with van der Waals surface area (Å²) in [5.41, 5.74) is 3.34. The SMILES string of the molecule is Cc1ccccc1C(=O)NCc1nc2ccccc2n1CC(=O)N1CCCCCC1. The third kappa shape index (κ3) is 4.37. The van der Waals surface area contributed by atoms with E-state index in [0.29, 0.717) is 11.4 Å². The van der Waals surface area contributed by atoms with Gasteiger partial charge in [-0.3, -0.25) is 9.59 Å². The van der Waals surface area contributed by atoms with Crippen LogP contribution in [0.15, 0.2) is 48.5 Å². The summed E-state index contributed by atoms with van der Waals surface area (Å²) in [6.07, 6.45) is 4.51. The van der Waals surface area contributed by atoms with Crippen LogP contribution in [0.2, 0.25) is 0 Å². The average Bonchev–Trinajstić information content (AvgIpc) is 2.92. The predicted molar refractivity (Wildman–Crippen MR) is 117 cm³/mol. The Bertz CT molecular complexity index is 1050. The first kappa shape index (κ1) is 20.1. The molecule has 0 radical (unpaired) electrons. The number of hydrogen-bond acceptors (Lipinski definition) is 3. The number of benzene rings is 2. The number of fused-ring (bicyclic) bond motifs is 1. The molecule has 0 spiro atoms. The molecule has 0 atom stereocenters. The third-order valence-electron chi connectivity index (χ3n) is 5.78. The van der Waals surface area contributed by atoms with Crippen molar-refractivity contribution in [3.63, 3.8) is 0 Å².